The zero-order valence-corrected chi connectivity index (χ0v) is 26.2. The van der Waals surface area contributed by atoms with E-state index in [4.69, 9.17) is 0 Å². The van der Waals surface area contributed by atoms with Crippen LogP contribution in [0.25, 0.3) is 22.3 Å². The molecule has 0 amide bonds. The second kappa shape index (κ2) is 9.82. The van der Waals surface area contributed by atoms with Crippen molar-refractivity contribution < 1.29 is 0 Å². The Morgan fingerprint density at radius 2 is 0.957 bits per heavy atom. The van der Waals surface area contributed by atoms with E-state index in [9.17, 15) is 0 Å². The second-order valence-corrected chi connectivity index (χ2v) is 12.9. The lowest BCUT2D eigenvalue weighted by atomic mass is 9.70. The molecule has 0 saturated heterocycles. The number of nitrogens with zero attached hydrogens (tertiary/aromatic N) is 2. The molecular weight excluding hydrogens is 569 g/mol. The zero-order valence-electron chi connectivity index (χ0n) is 26.2. The van der Waals surface area contributed by atoms with E-state index < -0.39 is 0 Å². The molecule has 0 unspecified atom stereocenters. The highest BCUT2D eigenvalue weighted by atomic mass is 15.2. The van der Waals surface area contributed by atoms with E-state index in [-0.39, 0.29) is 5.41 Å². The smallest absolute Gasteiger partial charge is 0.0726 e. The minimum absolute atomic E-state index is 0.338. The van der Waals surface area contributed by atoms with Gasteiger partial charge in [0.15, 0.2) is 0 Å². The molecule has 0 bridgehead atoms. The van der Waals surface area contributed by atoms with E-state index in [2.05, 4.69) is 181 Å². The van der Waals surface area contributed by atoms with Crippen LogP contribution in [0.5, 0.6) is 0 Å². The van der Waals surface area contributed by atoms with E-state index >= 15 is 0 Å². The van der Waals surface area contributed by atoms with Crippen LogP contribution < -0.4 is 9.80 Å². The SMILES string of the molecule is CN(c1ccc(N2c3ccccc3Cc3ccccc32)cc1)c1cccc2c1-c1ccccc1C21c2ccccc2-c2ccccc21. The van der Waals surface area contributed by atoms with Crippen LogP contribution >= 0.6 is 0 Å². The van der Waals surface area contributed by atoms with Gasteiger partial charge in [0.2, 0.25) is 0 Å². The van der Waals surface area contributed by atoms with E-state index in [0.29, 0.717) is 0 Å². The molecule has 1 aliphatic heterocycles. The normalized spacial score (nSPS) is 14.1. The molecule has 2 aliphatic carbocycles. The average Bonchev–Trinajstić information content (AvgIpc) is 3.61. The van der Waals surface area contributed by atoms with Gasteiger partial charge in [-0.3, -0.25) is 0 Å². The molecule has 0 aromatic heterocycles. The Labute approximate surface area is 275 Å². The predicted molar refractivity (Wildman–Crippen MR) is 195 cm³/mol. The van der Waals surface area contributed by atoms with Gasteiger partial charge in [-0.1, -0.05) is 121 Å². The van der Waals surface area contributed by atoms with Crippen LogP contribution in [0.4, 0.5) is 28.4 Å². The Morgan fingerprint density at radius 3 is 1.57 bits per heavy atom. The molecule has 7 aromatic rings. The van der Waals surface area contributed by atoms with Crippen LogP contribution in [0.1, 0.15) is 33.4 Å². The summed E-state index contributed by atoms with van der Waals surface area (Å²) in [5.41, 5.74) is 19.2. The molecule has 10 rings (SSSR count). The van der Waals surface area contributed by atoms with Gasteiger partial charge in [-0.25, -0.2) is 0 Å². The van der Waals surface area contributed by atoms with Crippen molar-refractivity contribution in [3.8, 4) is 22.3 Å². The highest BCUT2D eigenvalue weighted by molar-refractivity contribution is 5.99. The standard InChI is InChI=1S/C45H32N2/c1-46(32-25-27-33(28-26-32)47-41-22-10-2-13-30(41)29-31-14-3-11-23-42(31)47)43-24-12-21-40-44(43)36-17-6-9-20-39(36)45(40)37-18-7-4-15-34(37)35-16-5-8-19-38(35)45/h2-28H,29H2,1H3. The third kappa shape index (κ3) is 3.50. The lowest BCUT2D eigenvalue weighted by Gasteiger charge is -2.34. The van der Waals surface area contributed by atoms with Gasteiger partial charge in [0.1, 0.15) is 0 Å². The molecule has 2 nitrogen and oxygen atoms in total. The van der Waals surface area contributed by atoms with Gasteiger partial charge in [-0.15, -0.1) is 0 Å². The Morgan fingerprint density at radius 1 is 0.468 bits per heavy atom. The van der Waals surface area contributed by atoms with Crippen molar-refractivity contribution in [2.24, 2.45) is 0 Å². The first-order valence-corrected chi connectivity index (χ1v) is 16.5. The summed E-state index contributed by atoms with van der Waals surface area (Å²) in [7, 11) is 2.21. The number of hydrogen-bond donors (Lipinski definition) is 0. The monoisotopic (exact) mass is 600 g/mol. The molecule has 222 valence electrons. The first kappa shape index (κ1) is 26.4. The van der Waals surface area contributed by atoms with Crippen molar-refractivity contribution >= 4 is 28.4 Å². The summed E-state index contributed by atoms with van der Waals surface area (Å²) in [6, 6.07) is 60.6. The topological polar surface area (TPSA) is 6.48 Å². The zero-order chi connectivity index (χ0) is 31.1. The van der Waals surface area contributed by atoms with Crippen molar-refractivity contribution in [1.29, 1.82) is 0 Å². The fraction of sp³-hybridized carbons (Fsp3) is 0.0667. The molecule has 7 aromatic carbocycles. The van der Waals surface area contributed by atoms with Crippen LogP contribution in [0.3, 0.4) is 0 Å². The Kier molecular flexibility index (Phi) is 5.51. The number of fused-ring (bicyclic) bond motifs is 12. The van der Waals surface area contributed by atoms with Gasteiger partial charge in [0.05, 0.1) is 5.41 Å². The maximum absolute atomic E-state index is 2.41. The third-order valence-corrected chi connectivity index (χ3v) is 10.7. The summed E-state index contributed by atoms with van der Waals surface area (Å²) >= 11 is 0. The molecule has 0 N–H and O–H groups in total. The maximum Gasteiger partial charge on any atom is 0.0726 e. The molecule has 1 spiro atoms. The Balaban J connectivity index is 1.12. The predicted octanol–water partition coefficient (Wildman–Crippen LogP) is 11.2. The van der Waals surface area contributed by atoms with E-state index in [1.54, 1.807) is 0 Å². The van der Waals surface area contributed by atoms with Crippen molar-refractivity contribution in [1.82, 2.24) is 0 Å². The van der Waals surface area contributed by atoms with Crippen LogP contribution in [0, 0.1) is 0 Å². The highest BCUT2D eigenvalue weighted by Gasteiger charge is 2.52. The molecule has 47 heavy (non-hydrogen) atoms. The summed E-state index contributed by atoms with van der Waals surface area (Å²) in [6.45, 7) is 0. The summed E-state index contributed by atoms with van der Waals surface area (Å²) < 4.78 is 0. The van der Waals surface area contributed by atoms with Crippen LogP contribution in [-0.2, 0) is 11.8 Å². The fourth-order valence-corrected chi connectivity index (χ4v) is 8.74. The van der Waals surface area contributed by atoms with Gasteiger partial charge in [-0.05, 0) is 92.5 Å². The van der Waals surface area contributed by atoms with Crippen molar-refractivity contribution in [3.05, 3.63) is 197 Å². The molecule has 0 fully saturated rings. The lowest BCUT2D eigenvalue weighted by molar-refractivity contribution is 0.793. The van der Waals surface area contributed by atoms with Gasteiger partial charge in [-0.2, -0.15) is 0 Å². The van der Waals surface area contributed by atoms with Crippen molar-refractivity contribution in [2.75, 3.05) is 16.8 Å². The molecule has 0 radical (unpaired) electrons. The van der Waals surface area contributed by atoms with Crippen LogP contribution in [0.15, 0.2) is 164 Å². The largest absolute Gasteiger partial charge is 0.344 e. The van der Waals surface area contributed by atoms with Gasteiger partial charge in [0, 0.05) is 47.5 Å². The van der Waals surface area contributed by atoms with Gasteiger partial charge >= 0.3 is 0 Å². The number of para-hydroxylation sites is 2. The number of anilines is 5. The molecule has 0 atom stereocenters. The minimum Gasteiger partial charge on any atom is -0.344 e. The number of hydrogen-bond acceptors (Lipinski definition) is 2. The van der Waals surface area contributed by atoms with Crippen LogP contribution in [0.2, 0.25) is 0 Å². The number of benzene rings is 7. The fourth-order valence-electron chi connectivity index (χ4n) is 8.74. The van der Waals surface area contributed by atoms with Gasteiger partial charge < -0.3 is 9.80 Å². The lowest BCUT2D eigenvalue weighted by Crippen LogP contribution is -2.26. The summed E-state index contributed by atoms with van der Waals surface area (Å²) in [4.78, 5) is 4.77. The van der Waals surface area contributed by atoms with Gasteiger partial charge in [0.25, 0.3) is 0 Å². The first-order valence-electron chi connectivity index (χ1n) is 16.5. The quantitative estimate of drug-likeness (QED) is 0.199. The Hall–Kier alpha value is -5.86. The summed E-state index contributed by atoms with van der Waals surface area (Å²) in [6.07, 6.45) is 0.959. The van der Waals surface area contributed by atoms with E-state index in [0.717, 1.165) is 12.1 Å². The molecule has 3 aliphatic rings. The first-order chi connectivity index (χ1) is 23.2. The van der Waals surface area contributed by atoms with Crippen LogP contribution in [-0.4, -0.2) is 7.05 Å². The third-order valence-electron chi connectivity index (χ3n) is 10.7. The molecule has 0 saturated carbocycles. The second-order valence-electron chi connectivity index (χ2n) is 12.9. The molecular formula is C45H32N2. The molecule has 2 heteroatoms. The summed E-state index contributed by atoms with van der Waals surface area (Å²) in [5.74, 6) is 0. The van der Waals surface area contributed by atoms with E-state index in [1.165, 1.54) is 78.4 Å². The summed E-state index contributed by atoms with van der Waals surface area (Å²) in [5, 5.41) is 0. The molecule has 1 heterocycles. The van der Waals surface area contributed by atoms with Crippen molar-refractivity contribution in [2.45, 2.75) is 11.8 Å². The Bertz CT molecular complexity index is 2280. The number of rotatable bonds is 3. The highest BCUT2D eigenvalue weighted by Crippen LogP contribution is 2.64. The minimum atomic E-state index is -0.338. The maximum atomic E-state index is 2.41. The van der Waals surface area contributed by atoms with E-state index in [1.807, 2.05) is 0 Å². The average molecular weight is 601 g/mol. The van der Waals surface area contributed by atoms with Crippen molar-refractivity contribution in [3.63, 3.8) is 0 Å².